The first-order chi connectivity index (χ1) is 11.1. The van der Waals surface area contributed by atoms with Crippen molar-refractivity contribution >= 4 is 12.0 Å². The molecule has 1 heterocycles. The van der Waals surface area contributed by atoms with Crippen LogP contribution in [0.2, 0.25) is 0 Å². The Balaban J connectivity index is 2.08. The average molecular weight is 336 g/mol. The molecule has 2 amide bonds. The number of hydrogen-bond donors (Lipinski definition) is 0. The monoisotopic (exact) mass is 336 g/mol. The van der Waals surface area contributed by atoms with Crippen molar-refractivity contribution in [2.45, 2.75) is 52.3 Å². The van der Waals surface area contributed by atoms with Gasteiger partial charge in [-0.3, -0.25) is 4.79 Å². The normalized spacial score (nSPS) is 21.6. The van der Waals surface area contributed by atoms with E-state index in [0.717, 1.165) is 0 Å². The van der Waals surface area contributed by atoms with Crippen LogP contribution in [0.5, 0.6) is 0 Å². The number of rotatable bonds is 1. The van der Waals surface area contributed by atoms with Gasteiger partial charge in [0.1, 0.15) is 11.4 Å². The minimum Gasteiger partial charge on any atom is -0.444 e. The lowest BCUT2D eigenvalue weighted by Crippen LogP contribution is -2.60. The summed E-state index contributed by atoms with van der Waals surface area (Å²) < 4.78 is 18.5. The van der Waals surface area contributed by atoms with Crippen LogP contribution >= 0.6 is 0 Å². The SMILES string of the molecule is C[C@H]1CN(C(=O)c2ccc(F)cc2)[C@@H](C)CN1C(=O)OC(C)(C)C. The zero-order valence-electron chi connectivity index (χ0n) is 14.9. The highest BCUT2D eigenvalue weighted by atomic mass is 19.1. The standard InChI is InChI=1S/C18H25FN2O3/c1-12-11-21(17(23)24-18(3,4)5)13(2)10-20(12)16(22)14-6-8-15(19)9-7-14/h6-9,12-13H,10-11H2,1-5H3/t12-,13-/m0/s1. The fourth-order valence-electron chi connectivity index (χ4n) is 2.74. The third kappa shape index (κ3) is 4.24. The molecule has 0 spiro atoms. The van der Waals surface area contributed by atoms with Gasteiger partial charge in [-0.05, 0) is 58.9 Å². The van der Waals surface area contributed by atoms with E-state index in [1.807, 2.05) is 34.6 Å². The quantitative estimate of drug-likeness (QED) is 0.791. The lowest BCUT2D eigenvalue weighted by Gasteiger charge is -2.44. The topological polar surface area (TPSA) is 49.9 Å². The summed E-state index contributed by atoms with van der Waals surface area (Å²) in [5.41, 5.74) is -0.109. The number of carbonyl (C=O) groups is 2. The minimum atomic E-state index is -0.554. The number of nitrogens with zero attached hydrogens (tertiary/aromatic N) is 2. The van der Waals surface area contributed by atoms with Gasteiger partial charge in [0.15, 0.2) is 0 Å². The van der Waals surface area contributed by atoms with Crippen molar-refractivity contribution in [3.05, 3.63) is 35.6 Å². The Bertz CT molecular complexity index is 610. The Labute approximate surface area is 142 Å². The van der Waals surface area contributed by atoms with E-state index in [4.69, 9.17) is 4.74 Å². The Morgan fingerprint density at radius 3 is 2.08 bits per heavy atom. The summed E-state index contributed by atoms with van der Waals surface area (Å²) >= 11 is 0. The predicted molar refractivity (Wildman–Crippen MR) is 89.3 cm³/mol. The van der Waals surface area contributed by atoms with E-state index < -0.39 is 5.60 Å². The number of ether oxygens (including phenoxy) is 1. The Hall–Kier alpha value is -2.11. The number of benzene rings is 1. The van der Waals surface area contributed by atoms with Crippen molar-refractivity contribution in [1.82, 2.24) is 9.80 Å². The van der Waals surface area contributed by atoms with Crippen LogP contribution < -0.4 is 0 Å². The second kappa shape index (κ2) is 6.79. The van der Waals surface area contributed by atoms with Crippen LogP contribution in [0.15, 0.2) is 24.3 Å². The molecule has 0 N–H and O–H groups in total. The zero-order valence-corrected chi connectivity index (χ0v) is 14.9. The summed E-state index contributed by atoms with van der Waals surface area (Å²) in [6.07, 6.45) is -0.365. The number of piperazine rings is 1. The minimum absolute atomic E-state index is 0.147. The fraction of sp³-hybridized carbons (Fsp3) is 0.556. The fourth-order valence-corrected chi connectivity index (χ4v) is 2.74. The maximum atomic E-state index is 13.0. The van der Waals surface area contributed by atoms with Crippen molar-refractivity contribution in [1.29, 1.82) is 0 Å². The Morgan fingerprint density at radius 1 is 1.04 bits per heavy atom. The molecule has 1 aromatic carbocycles. The molecule has 0 saturated carbocycles. The van der Waals surface area contributed by atoms with Gasteiger partial charge in [0.25, 0.3) is 5.91 Å². The molecule has 24 heavy (non-hydrogen) atoms. The summed E-state index contributed by atoms with van der Waals surface area (Å²) in [4.78, 5) is 28.3. The third-order valence-electron chi connectivity index (χ3n) is 3.97. The third-order valence-corrected chi connectivity index (χ3v) is 3.97. The van der Waals surface area contributed by atoms with E-state index in [1.54, 1.807) is 9.80 Å². The maximum Gasteiger partial charge on any atom is 0.410 e. The molecule has 2 atom stereocenters. The molecular weight excluding hydrogens is 311 g/mol. The molecule has 2 rings (SSSR count). The van der Waals surface area contributed by atoms with Crippen LogP contribution in [0, 0.1) is 5.82 Å². The van der Waals surface area contributed by atoms with Crippen LogP contribution in [-0.4, -0.2) is 52.6 Å². The van der Waals surface area contributed by atoms with Gasteiger partial charge in [0, 0.05) is 30.7 Å². The van der Waals surface area contributed by atoms with Crippen LogP contribution in [-0.2, 0) is 4.74 Å². The second-order valence-corrected chi connectivity index (χ2v) is 7.30. The molecule has 1 fully saturated rings. The highest BCUT2D eigenvalue weighted by Gasteiger charge is 2.36. The van der Waals surface area contributed by atoms with Gasteiger partial charge in [0.05, 0.1) is 0 Å². The molecule has 1 aliphatic heterocycles. The molecule has 1 aromatic rings. The van der Waals surface area contributed by atoms with E-state index >= 15 is 0 Å². The summed E-state index contributed by atoms with van der Waals surface area (Å²) in [6.45, 7) is 10.1. The molecular formula is C18H25FN2O3. The predicted octanol–water partition coefficient (Wildman–Crippen LogP) is 3.30. The highest BCUT2D eigenvalue weighted by Crippen LogP contribution is 2.21. The van der Waals surface area contributed by atoms with Crippen molar-refractivity contribution in [2.75, 3.05) is 13.1 Å². The molecule has 0 bridgehead atoms. The summed E-state index contributed by atoms with van der Waals surface area (Å²) in [5, 5.41) is 0. The van der Waals surface area contributed by atoms with Crippen LogP contribution in [0.25, 0.3) is 0 Å². The van der Waals surface area contributed by atoms with Gasteiger partial charge in [-0.15, -0.1) is 0 Å². The Morgan fingerprint density at radius 2 is 1.54 bits per heavy atom. The number of halogens is 1. The average Bonchev–Trinajstić information content (AvgIpc) is 2.47. The largest absolute Gasteiger partial charge is 0.444 e. The van der Waals surface area contributed by atoms with Crippen molar-refractivity contribution in [3.8, 4) is 0 Å². The van der Waals surface area contributed by atoms with Crippen LogP contribution in [0.4, 0.5) is 9.18 Å². The van der Waals surface area contributed by atoms with E-state index in [1.165, 1.54) is 24.3 Å². The first-order valence-electron chi connectivity index (χ1n) is 8.14. The van der Waals surface area contributed by atoms with Gasteiger partial charge < -0.3 is 14.5 Å². The number of amides is 2. The van der Waals surface area contributed by atoms with Crippen molar-refractivity contribution in [2.24, 2.45) is 0 Å². The molecule has 0 unspecified atom stereocenters. The molecule has 1 saturated heterocycles. The first kappa shape index (κ1) is 18.2. The number of hydrogen-bond acceptors (Lipinski definition) is 3. The lowest BCUT2D eigenvalue weighted by molar-refractivity contribution is -0.00789. The van der Waals surface area contributed by atoms with Gasteiger partial charge >= 0.3 is 6.09 Å². The molecule has 6 heteroatoms. The smallest absolute Gasteiger partial charge is 0.410 e. The van der Waals surface area contributed by atoms with Gasteiger partial charge in [-0.2, -0.15) is 0 Å². The highest BCUT2D eigenvalue weighted by molar-refractivity contribution is 5.94. The van der Waals surface area contributed by atoms with E-state index in [-0.39, 0.29) is 29.9 Å². The first-order valence-corrected chi connectivity index (χ1v) is 8.14. The van der Waals surface area contributed by atoms with Crippen molar-refractivity contribution in [3.63, 3.8) is 0 Å². The maximum absolute atomic E-state index is 13.0. The molecule has 1 aliphatic rings. The summed E-state index contributed by atoms with van der Waals surface area (Å²) in [6, 6.07) is 5.22. The lowest BCUT2D eigenvalue weighted by atomic mass is 10.1. The molecule has 5 nitrogen and oxygen atoms in total. The van der Waals surface area contributed by atoms with Gasteiger partial charge in [-0.25, -0.2) is 9.18 Å². The summed E-state index contributed by atoms with van der Waals surface area (Å²) in [7, 11) is 0. The molecule has 0 radical (unpaired) electrons. The van der Waals surface area contributed by atoms with Gasteiger partial charge in [-0.1, -0.05) is 0 Å². The Kier molecular flexibility index (Phi) is 5.16. The van der Waals surface area contributed by atoms with E-state index in [9.17, 15) is 14.0 Å². The van der Waals surface area contributed by atoms with Crippen LogP contribution in [0.3, 0.4) is 0 Å². The zero-order chi connectivity index (χ0) is 18.1. The van der Waals surface area contributed by atoms with E-state index in [2.05, 4.69) is 0 Å². The van der Waals surface area contributed by atoms with Gasteiger partial charge in [0.2, 0.25) is 0 Å². The molecule has 0 aromatic heterocycles. The van der Waals surface area contributed by atoms with Crippen LogP contribution in [0.1, 0.15) is 45.0 Å². The van der Waals surface area contributed by atoms with Crippen molar-refractivity contribution < 1.29 is 18.7 Å². The molecule has 0 aliphatic carbocycles. The molecule has 132 valence electrons. The number of carbonyl (C=O) groups excluding carboxylic acids is 2. The summed E-state index contributed by atoms with van der Waals surface area (Å²) in [5.74, 6) is -0.527. The van der Waals surface area contributed by atoms with E-state index in [0.29, 0.717) is 18.7 Å². The second-order valence-electron chi connectivity index (χ2n) is 7.30.